The molecule has 0 atom stereocenters. The summed E-state index contributed by atoms with van der Waals surface area (Å²) in [4.78, 5) is 35.1. The van der Waals surface area contributed by atoms with Crippen molar-refractivity contribution < 1.29 is 27.7 Å². The molecule has 0 bridgehead atoms. The van der Waals surface area contributed by atoms with E-state index in [0.29, 0.717) is 16.3 Å². The molecule has 33 heavy (non-hydrogen) atoms. The van der Waals surface area contributed by atoms with Gasteiger partial charge in [-0.15, -0.1) is 11.3 Å². The molecule has 0 radical (unpaired) electrons. The number of carbonyl (C=O) groups excluding carboxylic acids is 2. The van der Waals surface area contributed by atoms with E-state index in [1.54, 1.807) is 12.1 Å². The quantitative estimate of drug-likeness (QED) is 0.339. The van der Waals surface area contributed by atoms with Crippen LogP contribution in [0.15, 0.2) is 59.5 Å². The Morgan fingerprint density at radius 3 is 2.30 bits per heavy atom. The number of aryl methyl sites for hydroxylation is 1. The Bertz CT molecular complexity index is 1320. The third-order valence-electron chi connectivity index (χ3n) is 4.35. The van der Waals surface area contributed by atoms with E-state index >= 15 is 0 Å². The van der Waals surface area contributed by atoms with Crippen molar-refractivity contribution in [2.45, 2.75) is 11.8 Å². The van der Waals surface area contributed by atoms with Crippen LogP contribution in [0.5, 0.6) is 5.75 Å². The second-order valence-corrected chi connectivity index (χ2v) is 9.52. The summed E-state index contributed by atoms with van der Waals surface area (Å²) in [5, 5.41) is 10.9. The van der Waals surface area contributed by atoms with E-state index in [1.807, 2.05) is 0 Å². The van der Waals surface area contributed by atoms with Gasteiger partial charge < -0.3 is 4.74 Å². The zero-order valence-electron chi connectivity index (χ0n) is 17.3. The van der Waals surface area contributed by atoms with E-state index in [9.17, 15) is 28.1 Å². The number of carbonyl (C=O) groups is 2. The maximum atomic E-state index is 12.7. The number of benzene rings is 2. The summed E-state index contributed by atoms with van der Waals surface area (Å²) in [6.07, 6.45) is 0. The number of nitrogens with one attached hydrogen (secondary N) is 3. The number of anilines is 1. The molecule has 2 aromatic carbocycles. The lowest BCUT2D eigenvalue weighted by molar-refractivity contribution is -0.385. The molecule has 0 aliphatic rings. The number of methoxy groups -OCH3 is 1. The number of hydrogen-bond acceptors (Lipinski definition) is 8. The number of nitro groups is 1. The summed E-state index contributed by atoms with van der Waals surface area (Å²) >= 11 is 0.907. The Labute approximate surface area is 192 Å². The minimum Gasteiger partial charge on any atom is -0.497 e. The topological polar surface area (TPSA) is 157 Å². The highest BCUT2D eigenvalue weighted by Gasteiger charge is 2.21. The molecule has 172 valence electrons. The molecule has 0 saturated heterocycles. The van der Waals surface area contributed by atoms with Crippen LogP contribution in [-0.2, 0) is 10.0 Å². The van der Waals surface area contributed by atoms with Gasteiger partial charge in [0.1, 0.15) is 10.6 Å². The van der Waals surface area contributed by atoms with Crippen molar-refractivity contribution in [3.63, 3.8) is 0 Å². The van der Waals surface area contributed by atoms with E-state index < -0.39 is 26.8 Å². The third kappa shape index (κ3) is 5.64. The molecular weight excluding hydrogens is 472 g/mol. The number of amides is 2. The number of rotatable bonds is 7. The minimum atomic E-state index is -3.99. The Balaban J connectivity index is 1.69. The molecule has 11 nitrogen and oxygen atoms in total. The van der Waals surface area contributed by atoms with Crippen molar-refractivity contribution >= 4 is 44.5 Å². The van der Waals surface area contributed by atoms with Crippen LogP contribution < -0.4 is 20.3 Å². The van der Waals surface area contributed by atoms with Crippen molar-refractivity contribution in [1.29, 1.82) is 0 Å². The van der Waals surface area contributed by atoms with Gasteiger partial charge in [-0.2, -0.15) is 0 Å². The first-order chi connectivity index (χ1) is 15.6. The predicted molar refractivity (Wildman–Crippen MR) is 121 cm³/mol. The van der Waals surface area contributed by atoms with Crippen LogP contribution in [0.4, 0.5) is 11.4 Å². The third-order valence-corrected chi connectivity index (χ3v) is 6.77. The average Bonchev–Trinajstić information content (AvgIpc) is 3.19. The molecule has 0 spiro atoms. The highest BCUT2D eigenvalue weighted by atomic mass is 32.2. The van der Waals surface area contributed by atoms with Crippen LogP contribution >= 0.6 is 11.3 Å². The lowest BCUT2D eigenvalue weighted by Crippen LogP contribution is -2.41. The average molecular weight is 491 g/mol. The summed E-state index contributed by atoms with van der Waals surface area (Å²) in [6, 6.07) is 12.6. The van der Waals surface area contributed by atoms with Gasteiger partial charge in [0, 0.05) is 17.3 Å². The van der Waals surface area contributed by atoms with Gasteiger partial charge in [-0.05, 0) is 49.4 Å². The van der Waals surface area contributed by atoms with Crippen LogP contribution in [0.1, 0.15) is 24.9 Å². The first-order valence-corrected chi connectivity index (χ1v) is 11.5. The monoisotopic (exact) mass is 490 g/mol. The molecule has 13 heteroatoms. The maximum absolute atomic E-state index is 12.7. The van der Waals surface area contributed by atoms with Crippen LogP contribution in [0.2, 0.25) is 0 Å². The molecule has 0 aliphatic heterocycles. The second-order valence-electron chi connectivity index (χ2n) is 6.58. The fourth-order valence-electron chi connectivity index (χ4n) is 2.69. The Morgan fingerprint density at radius 1 is 1.03 bits per heavy atom. The lowest BCUT2D eigenvalue weighted by atomic mass is 10.2. The molecule has 2 amide bonds. The molecule has 3 rings (SSSR count). The smallest absolute Gasteiger partial charge is 0.283 e. The van der Waals surface area contributed by atoms with Gasteiger partial charge in [0.2, 0.25) is 0 Å². The molecule has 1 aromatic heterocycles. The number of hydrogen-bond donors (Lipinski definition) is 3. The van der Waals surface area contributed by atoms with Gasteiger partial charge >= 0.3 is 0 Å². The van der Waals surface area contributed by atoms with E-state index in [0.717, 1.165) is 23.5 Å². The van der Waals surface area contributed by atoms with E-state index in [2.05, 4.69) is 15.6 Å². The molecule has 3 N–H and O–H groups in total. The molecule has 3 aromatic rings. The van der Waals surface area contributed by atoms with Crippen molar-refractivity contribution in [1.82, 2.24) is 10.9 Å². The van der Waals surface area contributed by atoms with Crippen LogP contribution in [0.25, 0.3) is 0 Å². The normalized spacial score (nSPS) is 10.8. The maximum Gasteiger partial charge on any atom is 0.283 e. The van der Waals surface area contributed by atoms with E-state index in [1.165, 1.54) is 44.4 Å². The highest BCUT2D eigenvalue weighted by Crippen LogP contribution is 2.27. The largest absolute Gasteiger partial charge is 0.497 e. The fraction of sp³-hybridized carbons (Fsp3) is 0.100. The van der Waals surface area contributed by atoms with Gasteiger partial charge in [-0.3, -0.25) is 35.3 Å². The van der Waals surface area contributed by atoms with Crippen molar-refractivity contribution in [3.05, 3.63) is 80.0 Å². The molecule has 0 fully saturated rings. The summed E-state index contributed by atoms with van der Waals surface area (Å²) < 4.78 is 32.8. The predicted octanol–water partition coefficient (Wildman–Crippen LogP) is 2.85. The van der Waals surface area contributed by atoms with Gasteiger partial charge in [0.15, 0.2) is 0 Å². The second kappa shape index (κ2) is 9.67. The van der Waals surface area contributed by atoms with E-state index in [4.69, 9.17) is 4.74 Å². The zero-order chi connectivity index (χ0) is 24.2. The molecule has 0 saturated carbocycles. The summed E-state index contributed by atoms with van der Waals surface area (Å²) in [5.41, 5.74) is 4.41. The van der Waals surface area contributed by atoms with Gasteiger partial charge in [0.05, 0.1) is 21.8 Å². The number of thiophene rings is 1. The summed E-state index contributed by atoms with van der Waals surface area (Å²) in [5.74, 6) is -0.951. The minimum absolute atomic E-state index is 0.0266. The van der Waals surface area contributed by atoms with Crippen LogP contribution in [0, 0.1) is 17.0 Å². The number of ether oxygens (including phenoxy) is 1. The first kappa shape index (κ1) is 23.7. The Hall–Kier alpha value is -3.97. The number of sulfonamides is 1. The van der Waals surface area contributed by atoms with Crippen molar-refractivity contribution in [2.24, 2.45) is 0 Å². The standard InChI is InChI=1S/C20H18N4O7S2/c1-12-17(24(27)28)11-18(32-12)20(26)22-21-19(25)13-4-3-5-16(10-13)33(29,30)23-14-6-8-15(31-2)9-7-14/h3-11,23H,1-2H3,(H,21,25)(H,22,26). The molecule has 0 aliphatic carbocycles. The summed E-state index contributed by atoms with van der Waals surface area (Å²) in [6.45, 7) is 1.50. The Kier molecular flexibility index (Phi) is 6.94. The summed E-state index contributed by atoms with van der Waals surface area (Å²) in [7, 11) is -2.50. The lowest BCUT2D eigenvalue weighted by Gasteiger charge is -2.10. The van der Waals surface area contributed by atoms with Gasteiger partial charge in [0.25, 0.3) is 27.5 Å². The molecule has 1 heterocycles. The Morgan fingerprint density at radius 2 is 1.70 bits per heavy atom. The van der Waals surface area contributed by atoms with Crippen molar-refractivity contribution in [3.8, 4) is 5.75 Å². The number of hydrazine groups is 1. The van der Waals surface area contributed by atoms with E-state index in [-0.39, 0.29) is 21.0 Å². The highest BCUT2D eigenvalue weighted by molar-refractivity contribution is 7.92. The van der Waals surface area contributed by atoms with Gasteiger partial charge in [-0.1, -0.05) is 6.07 Å². The SMILES string of the molecule is COc1ccc(NS(=O)(=O)c2cccc(C(=O)NNC(=O)c3cc([N+](=O)[O-])c(C)s3)c2)cc1. The zero-order valence-corrected chi connectivity index (χ0v) is 19.0. The van der Waals surface area contributed by atoms with Crippen molar-refractivity contribution in [2.75, 3.05) is 11.8 Å². The first-order valence-electron chi connectivity index (χ1n) is 9.23. The molecule has 0 unspecified atom stereocenters. The fourth-order valence-corrected chi connectivity index (χ4v) is 4.68. The number of nitrogens with zero attached hydrogens (tertiary/aromatic N) is 1. The van der Waals surface area contributed by atoms with Gasteiger partial charge in [-0.25, -0.2) is 8.42 Å². The van der Waals surface area contributed by atoms with Crippen LogP contribution in [-0.4, -0.2) is 32.3 Å². The van der Waals surface area contributed by atoms with Crippen LogP contribution in [0.3, 0.4) is 0 Å². The molecular formula is C20H18N4O7S2.